The molecule has 0 aliphatic heterocycles. The zero-order valence-electron chi connectivity index (χ0n) is 11.1. The van der Waals surface area contributed by atoms with Crippen LogP contribution in [-0.4, -0.2) is 18.5 Å². The SMILES string of the molecule is NCC1CCCCC1NC(=O)Cc1ccccc1Br. The molecule has 1 aliphatic carbocycles. The number of hydrogen-bond acceptors (Lipinski definition) is 2. The van der Waals surface area contributed by atoms with Crippen molar-refractivity contribution in [1.82, 2.24) is 5.32 Å². The molecule has 0 heterocycles. The van der Waals surface area contributed by atoms with Gasteiger partial charge < -0.3 is 11.1 Å². The van der Waals surface area contributed by atoms with E-state index in [0.29, 0.717) is 18.9 Å². The summed E-state index contributed by atoms with van der Waals surface area (Å²) in [6, 6.07) is 8.11. The van der Waals surface area contributed by atoms with Gasteiger partial charge in [-0.3, -0.25) is 4.79 Å². The Labute approximate surface area is 123 Å². The van der Waals surface area contributed by atoms with Crippen LogP contribution in [0.3, 0.4) is 0 Å². The first-order valence-corrected chi connectivity index (χ1v) is 7.73. The van der Waals surface area contributed by atoms with Crippen molar-refractivity contribution in [3.05, 3.63) is 34.3 Å². The van der Waals surface area contributed by atoms with Crippen LogP contribution in [0.5, 0.6) is 0 Å². The third kappa shape index (κ3) is 4.05. The quantitative estimate of drug-likeness (QED) is 0.894. The average Bonchev–Trinajstić information content (AvgIpc) is 2.42. The molecule has 0 radical (unpaired) electrons. The van der Waals surface area contributed by atoms with Crippen LogP contribution in [-0.2, 0) is 11.2 Å². The third-order valence-electron chi connectivity index (χ3n) is 3.87. The van der Waals surface area contributed by atoms with Gasteiger partial charge >= 0.3 is 0 Å². The van der Waals surface area contributed by atoms with Crippen molar-refractivity contribution in [3.8, 4) is 0 Å². The summed E-state index contributed by atoms with van der Waals surface area (Å²) in [6.07, 6.45) is 5.05. The van der Waals surface area contributed by atoms with Crippen molar-refractivity contribution in [2.45, 2.75) is 38.1 Å². The Hall–Kier alpha value is -0.870. The highest BCUT2D eigenvalue weighted by molar-refractivity contribution is 9.10. The molecule has 2 unspecified atom stereocenters. The molecule has 0 saturated heterocycles. The van der Waals surface area contributed by atoms with E-state index < -0.39 is 0 Å². The van der Waals surface area contributed by atoms with E-state index in [2.05, 4.69) is 21.2 Å². The molecule has 2 atom stereocenters. The minimum absolute atomic E-state index is 0.0947. The van der Waals surface area contributed by atoms with E-state index in [4.69, 9.17) is 5.73 Å². The van der Waals surface area contributed by atoms with Crippen LogP contribution in [0.4, 0.5) is 0 Å². The number of halogens is 1. The largest absolute Gasteiger partial charge is 0.353 e. The number of carbonyl (C=O) groups excluding carboxylic acids is 1. The van der Waals surface area contributed by atoms with Crippen LogP contribution in [0, 0.1) is 5.92 Å². The number of amides is 1. The summed E-state index contributed by atoms with van der Waals surface area (Å²) in [5.41, 5.74) is 6.82. The van der Waals surface area contributed by atoms with Gasteiger partial charge in [-0.15, -0.1) is 0 Å². The van der Waals surface area contributed by atoms with Crippen molar-refractivity contribution < 1.29 is 4.79 Å². The van der Waals surface area contributed by atoms with E-state index in [1.54, 1.807) is 0 Å². The molecule has 104 valence electrons. The molecule has 1 fully saturated rings. The lowest BCUT2D eigenvalue weighted by molar-refractivity contribution is -0.121. The first kappa shape index (κ1) is 14.5. The van der Waals surface area contributed by atoms with Crippen molar-refractivity contribution >= 4 is 21.8 Å². The Morgan fingerprint density at radius 3 is 2.79 bits per heavy atom. The second-order valence-electron chi connectivity index (χ2n) is 5.22. The van der Waals surface area contributed by atoms with Gasteiger partial charge in [0.15, 0.2) is 0 Å². The minimum Gasteiger partial charge on any atom is -0.353 e. The van der Waals surface area contributed by atoms with E-state index in [-0.39, 0.29) is 11.9 Å². The maximum Gasteiger partial charge on any atom is 0.224 e. The highest BCUT2D eigenvalue weighted by atomic mass is 79.9. The third-order valence-corrected chi connectivity index (χ3v) is 4.64. The van der Waals surface area contributed by atoms with Gasteiger partial charge in [0.1, 0.15) is 0 Å². The standard InChI is InChI=1S/C15H21BrN2O/c16-13-7-3-1-5-11(13)9-15(19)18-14-8-4-2-6-12(14)10-17/h1,3,5,7,12,14H,2,4,6,8-10,17H2,(H,18,19). The fourth-order valence-electron chi connectivity index (χ4n) is 2.75. The van der Waals surface area contributed by atoms with Gasteiger partial charge in [0.05, 0.1) is 6.42 Å². The summed E-state index contributed by atoms with van der Waals surface area (Å²) >= 11 is 3.48. The van der Waals surface area contributed by atoms with E-state index in [1.165, 1.54) is 12.8 Å². The molecule has 1 aromatic rings. The maximum absolute atomic E-state index is 12.1. The van der Waals surface area contributed by atoms with E-state index in [9.17, 15) is 4.79 Å². The first-order valence-electron chi connectivity index (χ1n) is 6.93. The Kier molecular flexibility index (Phi) is 5.40. The lowest BCUT2D eigenvalue weighted by atomic mass is 9.84. The molecule has 1 aliphatic rings. The number of carbonyl (C=O) groups is 1. The van der Waals surface area contributed by atoms with Crippen LogP contribution >= 0.6 is 15.9 Å². The lowest BCUT2D eigenvalue weighted by Crippen LogP contribution is -2.45. The molecule has 1 amide bonds. The first-order chi connectivity index (χ1) is 9.20. The summed E-state index contributed by atoms with van der Waals surface area (Å²) in [5, 5.41) is 3.16. The molecule has 0 spiro atoms. The second kappa shape index (κ2) is 7.06. The molecule has 1 aromatic carbocycles. The zero-order chi connectivity index (χ0) is 13.7. The summed E-state index contributed by atoms with van der Waals surface area (Å²) in [7, 11) is 0. The number of nitrogens with one attached hydrogen (secondary N) is 1. The molecule has 2 rings (SSSR count). The van der Waals surface area contributed by atoms with Crippen LogP contribution in [0.15, 0.2) is 28.7 Å². The van der Waals surface area contributed by atoms with Gasteiger partial charge in [0.2, 0.25) is 5.91 Å². The number of rotatable bonds is 4. The monoisotopic (exact) mass is 324 g/mol. The molecule has 0 bridgehead atoms. The van der Waals surface area contributed by atoms with Crippen LogP contribution in [0.1, 0.15) is 31.2 Å². The lowest BCUT2D eigenvalue weighted by Gasteiger charge is -2.31. The fraction of sp³-hybridized carbons (Fsp3) is 0.533. The minimum atomic E-state index is 0.0947. The normalized spacial score (nSPS) is 23.1. The highest BCUT2D eigenvalue weighted by Gasteiger charge is 2.25. The number of hydrogen-bond donors (Lipinski definition) is 2. The van der Waals surface area contributed by atoms with Gasteiger partial charge in [-0.05, 0) is 36.9 Å². The number of benzene rings is 1. The summed E-state index contributed by atoms with van der Waals surface area (Å²) in [6.45, 7) is 0.667. The molecule has 0 aromatic heterocycles. The van der Waals surface area contributed by atoms with Gasteiger partial charge in [-0.2, -0.15) is 0 Å². The van der Waals surface area contributed by atoms with Crippen molar-refractivity contribution in [2.24, 2.45) is 11.7 Å². The summed E-state index contributed by atoms with van der Waals surface area (Å²) < 4.78 is 0.990. The predicted molar refractivity (Wildman–Crippen MR) is 80.8 cm³/mol. The van der Waals surface area contributed by atoms with Crippen molar-refractivity contribution in [1.29, 1.82) is 0 Å². The van der Waals surface area contributed by atoms with E-state index in [0.717, 1.165) is 22.9 Å². The van der Waals surface area contributed by atoms with Crippen molar-refractivity contribution in [3.63, 3.8) is 0 Å². The maximum atomic E-state index is 12.1. The average molecular weight is 325 g/mol. The topological polar surface area (TPSA) is 55.1 Å². The Balaban J connectivity index is 1.92. The Morgan fingerprint density at radius 2 is 2.05 bits per heavy atom. The number of nitrogens with two attached hydrogens (primary N) is 1. The zero-order valence-corrected chi connectivity index (χ0v) is 12.7. The highest BCUT2D eigenvalue weighted by Crippen LogP contribution is 2.24. The molecular weight excluding hydrogens is 304 g/mol. The van der Waals surface area contributed by atoms with Gasteiger partial charge in [0, 0.05) is 10.5 Å². The molecule has 19 heavy (non-hydrogen) atoms. The van der Waals surface area contributed by atoms with Crippen LogP contribution in [0.2, 0.25) is 0 Å². The van der Waals surface area contributed by atoms with Gasteiger partial charge in [-0.25, -0.2) is 0 Å². The van der Waals surface area contributed by atoms with Gasteiger partial charge in [-0.1, -0.05) is 47.0 Å². The summed E-state index contributed by atoms with van der Waals surface area (Å²) in [4.78, 5) is 12.1. The fourth-order valence-corrected chi connectivity index (χ4v) is 3.18. The summed E-state index contributed by atoms with van der Waals surface area (Å²) in [5.74, 6) is 0.536. The Morgan fingerprint density at radius 1 is 1.32 bits per heavy atom. The smallest absolute Gasteiger partial charge is 0.224 e. The van der Waals surface area contributed by atoms with Crippen LogP contribution < -0.4 is 11.1 Å². The van der Waals surface area contributed by atoms with Crippen LogP contribution in [0.25, 0.3) is 0 Å². The van der Waals surface area contributed by atoms with E-state index >= 15 is 0 Å². The predicted octanol–water partition coefficient (Wildman–Crippen LogP) is 2.63. The molecule has 3 nitrogen and oxygen atoms in total. The van der Waals surface area contributed by atoms with Gasteiger partial charge in [0.25, 0.3) is 0 Å². The van der Waals surface area contributed by atoms with E-state index in [1.807, 2.05) is 24.3 Å². The molecule has 3 N–H and O–H groups in total. The molecule has 1 saturated carbocycles. The van der Waals surface area contributed by atoms with Crippen molar-refractivity contribution in [2.75, 3.05) is 6.54 Å². The second-order valence-corrected chi connectivity index (χ2v) is 6.08. The Bertz CT molecular complexity index is 436. The molecular formula is C15H21BrN2O. The molecule has 4 heteroatoms.